The van der Waals surface area contributed by atoms with Crippen molar-refractivity contribution in [3.63, 3.8) is 0 Å². The molecule has 1 aromatic heterocycles. The van der Waals surface area contributed by atoms with Crippen LogP contribution >= 0.6 is 0 Å². The van der Waals surface area contributed by atoms with E-state index in [4.69, 9.17) is 5.21 Å². The van der Waals surface area contributed by atoms with Gasteiger partial charge in [-0.15, -0.1) is 0 Å². The molecule has 76 valence electrons. The van der Waals surface area contributed by atoms with Gasteiger partial charge in [0.2, 0.25) is 0 Å². The second kappa shape index (κ2) is 4.60. The molecule has 0 fully saturated rings. The summed E-state index contributed by atoms with van der Waals surface area (Å²) < 4.78 is 0. The van der Waals surface area contributed by atoms with Gasteiger partial charge in [0.1, 0.15) is 5.82 Å². The number of hydrogen-bond acceptors (Lipinski definition) is 4. The summed E-state index contributed by atoms with van der Waals surface area (Å²) in [6.45, 7) is 5.99. The predicted molar refractivity (Wildman–Crippen MR) is 57.1 cm³/mol. The lowest BCUT2D eigenvalue weighted by Gasteiger charge is -2.09. The van der Waals surface area contributed by atoms with Gasteiger partial charge in [0.05, 0.1) is 6.21 Å². The lowest BCUT2D eigenvalue weighted by Crippen LogP contribution is -2.11. The highest BCUT2D eigenvalue weighted by Crippen LogP contribution is 2.09. The zero-order valence-electron chi connectivity index (χ0n) is 8.65. The standard InChI is InChI=1S/C10H15N3O/c1-7(2)12-10-5-4-9(6-11-14)8(3)13-10/h4-7,14H,1-3H3,(H,12,13)/b11-6-. The average Bonchev–Trinajstić information content (AvgIpc) is 2.09. The Morgan fingerprint density at radius 3 is 2.71 bits per heavy atom. The first-order valence-corrected chi connectivity index (χ1v) is 4.55. The van der Waals surface area contributed by atoms with E-state index in [1.165, 1.54) is 6.21 Å². The Kier molecular flexibility index (Phi) is 3.45. The van der Waals surface area contributed by atoms with Crippen molar-refractivity contribution in [2.24, 2.45) is 5.16 Å². The summed E-state index contributed by atoms with van der Waals surface area (Å²) in [4.78, 5) is 4.32. The van der Waals surface area contributed by atoms with E-state index in [2.05, 4.69) is 29.3 Å². The average molecular weight is 193 g/mol. The molecule has 14 heavy (non-hydrogen) atoms. The molecule has 0 aliphatic carbocycles. The molecule has 0 atom stereocenters. The van der Waals surface area contributed by atoms with Gasteiger partial charge in [-0.1, -0.05) is 5.16 Å². The van der Waals surface area contributed by atoms with Crippen LogP contribution in [0.4, 0.5) is 5.82 Å². The summed E-state index contributed by atoms with van der Waals surface area (Å²) in [5.41, 5.74) is 1.66. The molecule has 1 heterocycles. The van der Waals surface area contributed by atoms with E-state index in [0.29, 0.717) is 6.04 Å². The first-order chi connectivity index (χ1) is 6.63. The van der Waals surface area contributed by atoms with Crippen molar-refractivity contribution in [2.45, 2.75) is 26.8 Å². The molecule has 0 saturated carbocycles. The van der Waals surface area contributed by atoms with Crippen molar-refractivity contribution in [1.29, 1.82) is 0 Å². The summed E-state index contributed by atoms with van der Waals surface area (Å²) in [5, 5.41) is 14.6. The van der Waals surface area contributed by atoms with E-state index in [9.17, 15) is 0 Å². The number of aromatic nitrogens is 1. The summed E-state index contributed by atoms with van der Waals surface area (Å²) in [6.07, 6.45) is 1.38. The molecular formula is C10H15N3O. The molecule has 0 amide bonds. The fourth-order valence-electron chi connectivity index (χ4n) is 1.15. The molecule has 0 aliphatic rings. The number of rotatable bonds is 3. The summed E-state index contributed by atoms with van der Waals surface area (Å²) in [5.74, 6) is 0.840. The third-order valence-electron chi connectivity index (χ3n) is 1.76. The lowest BCUT2D eigenvalue weighted by atomic mass is 10.2. The Morgan fingerprint density at radius 2 is 2.21 bits per heavy atom. The molecule has 1 rings (SSSR count). The minimum Gasteiger partial charge on any atom is -0.411 e. The van der Waals surface area contributed by atoms with Crippen molar-refractivity contribution in [3.8, 4) is 0 Å². The van der Waals surface area contributed by atoms with Crippen LogP contribution in [0.2, 0.25) is 0 Å². The topological polar surface area (TPSA) is 57.5 Å². The number of anilines is 1. The second-order valence-corrected chi connectivity index (χ2v) is 3.41. The molecule has 0 aromatic carbocycles. The molecule has 0 bridgehead atoms. The molecule has 0 saturated heterocycles. The third-order valence-corrected chi connectivity index (χ3v) is 1.76. The molecule has 0 aliphatic heterocycles. The normalized spacial score (nSPS) is 11.1. The maximum atomic E-state index is 8.38. The Balaban J connectivity index is 2.88. The van der Waals surface area contributed by atoms with Crippen LogP contribution in [0.5, 0.6) is 0 Å². The highest BCUT2D eigenvalue weighted by Gasteiger charge is 2.00. The van der Waals surface area contributed by atoms with Crippen molar-refractivity contribution in [2.75, 3.05) is 5.32 Å². The SMILES string of the molecule is Cc1nc(NC(C)C)ccc1/C=N\O. The summed E-state index contributed by atoms with van der Waals surface area (Å²) >= 11 is 0. The maximum absolute atomic E-state index is 8.38. The Labute approximate surface area is 83.7 Å². The van der Waals surface area contributed by atoms with Gasteiger partial charge < -0.3 is 10.5 Å². The van der Waals surface area contributed by atoms with Crippen LogP contribution in [0.1, 0.15) is 25.1 Å². The van der Waals surface area contributed by atoms with Crippen LogP contribution in [0, 0.1) is 6.92 Å². The third kappa shape index (κ3) is 2.73. The first kappa shape index (κ1) is 10.5. The number of nitrogens with one attached hydrogen (secondary N) is 1. The number of pyridine rings is 1. The van der Waals surface area contributed by atoms with Crippen LogP contribution < -0.4 is 5.32 Å². The monoisotopic (exact) mass is 193 g/mol. The maximum Gasteiger partial charge on any atom is 0.126 e. The van der Waals surface area contributed by atoms with E-state index >= 15 is 0 Å². The first-order valence-electron chi connectivity index (χ1n) is 4.55. The Morgan fingerprint density at radius 1 is 1.50 bits per heavy atom. The molecule has 1 aromatic rings. The fraction of sp³-hybridized carbons (Fsp3) is 0.400. The zero-order chi connectivity index (χ0) is 10.6. The lowest BCUT2D eigenvalue weighted by molar-refractivity contribution is 0.322. The molecule has 0 unspecified atom stereocenters. The smallest absolute Gasteiger partial charge is 0.126 e. The highest BCUT2D eigenvalue weighted by atomic mass is 16.4. The Bertz CT molecular complexity index is 334. The molecule has 2 N–H and O–H groups in total. The quantitative estimate of drug-likeness (QED) is 0.438. The fourth-order valence-corrected chi connectivity index (χ4v) is 1.15. The van der Waals surface area contributed by atoms with Crippen LogP contribution in [0.3, 0.4) is 0 Å². The van der Waals surface area contributed by atoms with Gasteiger partial charge in [-0.25, -0.2) is 4.98 Å². The second-order valence-electron chi connectivity index (χ2n) is 3.41. The van der Waals surface area contributed by atoms with Gasteiger partial charge in [0.25, 0.3) is 0 Å². The van der Waals surface area contributed by atoms with Crippen molar-refractivity contribution < 1.29 is 5.21 Å². The number of aryl methyl sites for hydroxylation is 1. The van der Waals surface area contributed by atoms with E-state index in [1.807, 2.05) is 19.1 Å². The van der Waals surface area contributed by atoms with Gasteiger partial charge in [0, 0.05) is 17.3 Å². The summed E-state index contributed by atoms with van der Waals surface area (Å²) in [6, 6.07) is 4.09. The number of nitrogens with zero attached hydrogens (tertiary/aromatic N) is 2. The van der Waals surface area contributed by atoms with Crippen LogP contribution in [0.15, 0.2) is 17.3 Å². The van der Waals surface area contributed by atoms with Gasteiger partial charge in [-0.05, 0) is 32.9 Å². The molecule has 4 heteroatoms. The molecule has 0 radical (unpaired) electrons. The van der Waals surface area contributed by atoms with Crippen LogP contribution in [0.25, 0.3) is 0 Å². The largest absolute Gasteiger partial charge is 0.411 e. The van der Waals surface area contributed by atoms with Gasteiger partial charge in [-0.2, -0.15) is 0 Å². The van der Waals surface area contributed by atoms with Crippen LogP contribution in [-0.4, -0.2) is 22.4 Å². The molecule has 0 spiro atoms. The van der Waals surface area contributed by atoms with Crippen LogP contribution in [-0.2, 0) is 0 Å². The Hall–Kier alpha value is -1.58. The molecule has 4 nitrogen and oxygen atoms in total. The van der Waals surface area contributed by atoms with Gasteiger partial charge >= 0.3 is 0 Å². The van der Waals surface area contributed by atoms with E-state index in [1.54, 1.807) is 0 Å². The van der Waals surface area contributed by atoms with E-state index in [0.717, 1.165) is 17.1 Å². The number of oxime groups is 1. The van der Waals surface area contributed by atoms with Crippen molar-refractivity contribution >= 4 is 12.0 Å². The van der Waals surface area contributed by atoms with E-state index in [-0.39, 0.29) is 0 Å². The minimum atomic E-state index is 0.360. The molecular weight excluding hydrogens is 178 g/mol. The van der Waals surface area contributed by atoms with Crippen molar-refractivity contribution in [3.05, 3.63) is 23.4 Å². The van der Waals surface area contributed by atoms with E-state index < -0.39 is 0 Å². The zero-order valence-corrected chi connectivity index (χ0v) is 8.65. The highest BCUT2D eigenvalue weighted by molar-refractivity contribution is 5.80. The predicted octanol–water partition coefficient (Wildman–Crippen LogP) is 2.02. The van der Waals surface area contributed by atoms with Gasteiger partial charge in [-0.3, -0.25) is 0 Å². The van der Waals surface area contributed by atoms with Gasteiger partial charge in [0.15, 0.2) is 0 Å². The minimum absolute atomic E-state index is 0.360. The van der Waals surface area contributed by atoms with Crippen molar-refractivity contribution in [1.82, 2.24) is 4.98 Å². The summed E-state index contributed by atoms with van der Waals surface area (Å²) in [7, 11) is 0. The number of hydrogen-bond donors (Lipinski definition) is 2.